The summed E-state index contributed by atoms with van der Waals surface area (Å²) in [5.41, 5.74) is 6.04. The molecule has 0 aromatic rings. The molecule has 0 saturated heterocycles. The van der Waals surface area contributed by atoms with E-state index < -0.39 is 0 Å². The molecule has 1 fully saturated rings. The molecule has 3 N–H and O–H groups in total. The molecular weight excluding hydrogens is 226 g/mol. The molecule has 1 saturated carbocycles. The Labute approximate surface area is 111 Å². The van der Waals surface area contributed by atoms with Crippen LogP contribution >= 0.6 is 0 Å². The van der Waals surface area contributed by atoms with Crippen LogP contribution in [0.4, 0.5) is 0 Å². The highest BCUT2D eigenvalue weighted by Gasteiger charge is 2.38. The van der Waals surface area contributed by atoms with E-state index in [-0.39, 0.29) is 11.4 Å². The fraction of sp³-hybridized carbons (Fsp3) is 0.929. The van der Waals surface area contributed by atoms with Crippen LogP contribution in [0.2, 0.25) is 0 Å². The minimum Gasteiger partial charge on any atom is -0.355 e. The van der Waals surface area contributed by atoms with Gasteiger partial charge in [-0.1, -0.05) is 33.6 Å². The van der Waals surface area contributed by atoms with Crippen molar-refractivity contribution in [2.75, 3.05) is 26.2 Å². The van der Waals surface area contributed by atoms with Gasteiger partial charge < -0.3 is 11.1 Å². The zero-order valence-electron chi connectivity index (χ0n) is 12.2. The van der Waals surface area contributed by atoms with Gasteiger partial charge in [-0.25, -0.2) is 0 Å². The summed E-state index contributed by atoms with van der Waals surface area (Å²) in [6, 6.07) is 0. The topological polar surface area (TPSA) is 58.4 Å². The summed E-state index contributed by atoms with van der Waals surface area (Å²) in [6.07, 6.45) is 4.74. The molecule has 0 radical (unpaired) electrons. The molecule has 1 rings (SSSR count). The summed E-state index contributed by atoms with van der Waals surface area (Å²) in [6.45, 7) is 9.13. The summed E-state index contributed by atoms with van der Waals surface area (Å²) in [4.78, 5) is 14.2. The fourth-order valence-electron chi connectivity index (χ4n) is 2.84. The number of nitrogens with one attached hydrogen (secondary N) is 1. The number of hydrogen-bond donors (Lipinski definition) is 2. The van der Waals surface area contributed by atoms with Crippen molar-refractivity contribution in [3.05, 3.63) is 0 Å². The van der Waals surface area contributed by atoms with Crippen molar-refractivity contribution >= 4 is 5.91 Å². The highest BCUT2D eigenvalue weighted by Crippen LogP contribution is 2.34. The molecule has 106 valence electrons. The average Bonchev–Trinajstić information content (AvgIpc) is 2.83. The van der Waals surface area contributed by atoms with Gasteiger partial charge >= 0.3 is 0 Å². The van der Waals surface area contributed by atoms with E-state index in [2.05, 4.69) is 31.0 Å². The summed E-state index contributed by atoms with van der Waals surface area (Å²) in [5, 5.41) is 2.99. The van der Waals surface area contributed by atoms with Crippen LogP contribution in [0.25, 0.3) is 0 Å². The van der Waals surface area contributed by atoms with Gasteiger partial charge in [0.2, 0.25) is 5.91 Å². The van der Waals surface area contributed by atoms with Gasteiger partial charge in [-0.2, -0.15) is 0 Å². The quantitative estimate of drug-likeness (QED) is 0.722. The van der Waals surface area contributed by atoms with Crippen LogP contribution < -0.4 is 11.1 Å². The van der Waals surface area contributed by atoms with Crippen molar-refractivity contribution in [3.8, 4) is 0 Å². The SMILES string of the molecule is CCN(CC(=O)NCC(C)C)C1(CN)CCCC1. The Hall–Kier alpha value is -0.610. The summed E-state index contributed by atoms with van der Waals surface area (Å²) in [7, 11) is 0. The van der Waals surface area contributed by atoms with Crippen LogP contribution in [-0.4, -0.2) is 42.5 Å². The van der Waals surface area contributed by atoms with Gasteiger partial charge in [-0.05, 0) is 25.3 Å². The number of likely N-dealkylation sites (N-methyl/N-ethyl adjacent to an activating group) is 1. The lowest BCUT2D eigenvalue weighted by Crippen LogP contribution is -2.55. The van der Waals surface area contributed by atoms with E-state index in [4.69, 9.17) is 5.73 Å². The first-order valence-electron chi connectivity index (χ1n) is 7.26. The molecule has 1 aliphatic carbocycles. The molecule has 0 unspecified atom stereocenters. The highest BCUT2D eigenvalue weighted by atomic mass is 16.2. The van der Waals surface area contributed by atoms with Gasteiger partial charge in [-0.15, -0.1) is 0 Å². The molecule has 18 heavy (non-hydrogen) atoms. The third-order valence-electron chi connectivity index (χ3n) is 4.01. The van der Waals surface area contributed by atoms with E-state index in [9.17, 15) is 4.79 Å². The van der Waals surface area contributed by atoms with Crippen LogP contribution in [0.15, 0.2) is 0 Å². The van der Waals surface area contributed by atoms with Crippen LogP contribution in [0.3, 0.4) is 0 Å². The molecule has 4 nitrogen and oxygen atoms in total. The number of rotatable bonds is 7. The average molecular weight is 255 g/mol. The van der Waals surface area contributed by atoms with Gasteiger partial charge in [-0.3, -0.25) is 9.69 Å². The Morgan fingerprint density at radius 3 is 2.44 bits per heavy atom. The van der Waals surface area contributed by atoms with Crippen LogP contribution in [-0.2, 0) is 4.79 Å². The lowest BCUT2D eigenvalue weighted by atomic mass is 9.95. The second-order valence-electron chi connectivity index (χ2n) is 5.85. The van der Waals surface area contributed by atoms with Crippen LogP contribution in [0.5, 0.6) is 0 Å². The first-order chi connectivity index (χ1) is 8.54. The molecule has 0 aromatic carbocycles. The van der Waals surface area contributed by atoms with Crippen molar-refractivity contribution in [2.24, 2.45) is 11.7 Å². The Bertz CT molecular complexity index is 260. The second-order valence-corrected chi connectivity index (χ2v) is 5.85. The lowest BCUT2D eigenvalue weighted by molar-refractivity contribution is -0.123. The molecule has 0 aliphatic heterocycles. The number of hydrogen-bond acceptors (Lipinski definition) is 3. The Balaban J connectivity index is 2.52. The maximum Gasteiger partial charge on any atom is 0.234 e. The standard InChI is InChI=1S/C14H29N3O/c1-4-17(10-13(18)16-9-12(2)3)14(11-15)7-5-6-8-14/h12H,4-11,15H2,1-3H3,(H,16,18). The second kappa shape index (κ2) is 7.10. The largest absolute Gasteiger partial charge is 0.355 e. The van der Waals surface area contributed by atoms with E-state index in [0.29, 0.717) is 19.0 Å². The Morgan fingerprint density at radius 2 is 2.00 bits per heavy atom. The van der Waals surface area contributed by atoms with Crippen molar-refractivity contribution in [1.82, 2.24) is 10.2 Å². The molecule has 1 amide bonds. The van der Waals surface area contributed by atoms with Crippen molar-refractivity contribution in [1.29, 1.82) is 0 Å². The number of nitrogens with two attached hydrogens (primary N) is 1. The number of carbonyl (C=O) groups excluding carboxylic acids is 1. The predicted octanol–water partition coefficient (Wildman–Crippen LogP) is 1.35. The van der Waals surface area contributed by atoms with Gasteiger partial charge in [0, 0.05) is 18.6 Å². The first kappa shape index (κ1) is 15.4. The van der Waals surface area contributed by atoms with Crippen molar-refractivity contribution < 1.29 is 4.79 Å². The maximum absolute atomic E-state index is 11.9. The van der Waals surface area contributed by atoms with Crippen LogP contribution in [0.1, 0.15) is 46.5 Å². The van der Waals surface area contributed by atoms with E-state index in [1.54, 1.807) is 0 Å². The Kier molecular flexibility index (Phi) is 6.09. The van der Waals surface area contributed by atoms with E-state index in [0.717, 1.165) is 25.9 Å². The summed E-state index contributed by atoms with van der Waals surface area (Å²) in [5.74, 6) is 0.629. The molecule has 1 aliphatic rings. The van der Waals surface area contributed by atoms with Crippen molar-refractivity contribution in [3.63, 3.8) is 0 Å². The number of nitrogens with zero attached hydrogens (tertiary/aromatic N) is 1. The normalized spacial score (nSPS) is 18.6. The molecular formula is C14H29N3O. The maximum atomic E-state index is 11.9. The first-order valence-corrected chi connectivity index (χ1v) is 7.26. The zero-order chi connectivity index (χ0) is 13.6. The molecule has 0 atom stereocenters. The van der Waals surface area contributed by atoms with E-state index in [1.807, 2.05) is 0 Å². The van der Waals surface area contributed by atoms with E-state index in [1.165, 1.54) is 12.8 Å². The minimum absolute atomic E-state index is 0.0733. The van der Waals surface area contributed by atoms with Gasteiger partial charge in [0.1, 0.15) is 0 Å². The monoisotopic (exact) mass is 255 g/mol. The smallest absolute Gasteiger partial charge is 0.234 e. The minimum atomic E-state index is 0.0733. The van der Waals surface area contributed by atoms with Crippen LogP contribution in [0, 0.1) is 5.92 Å². The lowest BCUT2D eigenvalue weighted by Gasteiger charge is -2.39. The molecule has 0 bridgehead atoms. The molecule has 0 aromatic heterocycles. The highest BCUT2D eigenvalue weighted by molar-refractivity contribution is 5.78. The summed E-state index contributed by atoms with van der Waals surface area (Å²) < 4.78 is 0. The van der Waals surface area contributed by atoms with Gasteiger partial charge in [0.15, 0.2) is 0 Å². The van der Waals surface area contributed by atoms with E-state index >= 15 is 0 Å². The molecule has 0 heterocycles. The number of carbonyl (C=O) groups is 1. The molecule has 0 spiro atoms. The van der Waals surface area contributed by atoms with Gasteiger partial charge in [0.25, 0.3) is 0 Å². The third kappa shape index (κ3) is 3.95. The Morgan fingerprint density at radius 1 is 1.39 bits per heavy atom. The molecule has 4 heteroatoms. The van der Waals surface area contributed by atoms with Crippen molar-refractivity contribution in [2.45, 2.75) is 52.0 Å². The zero-order valence-corrected chi connectivity index (χ0v) is 12.2. The number of amides is 1. The predicted molar refractivity (Wildman–Crippen MR) is 75.3 cm³/mol. The fourth-order valence-corrected chi connectivity index (χ4v) is 2.84. The van der Waals surface area contributed by atoms with Gasteiger partial charge in [0.05, 0.1) is 6.54 Å². The summed E-state index contributed by atoms with van der Waals surface area (Å²) >= 11 is 0. The third-order valence-corrected chi connectivity index (χ3v) is 4.01.